The molecule has 0 bridgehead atoms. The maximum Gasteiger partial charge on any atom is 0.308 e. The van der Waals surface area contributed by atoms with Gasteiger partial charge >= 0.3 is 17.9 Å². The van der Waals surface area contributed by atoms with Crippen molar-refractivity contribution in [3.05, 3.63) is 136 Å². The number of ether oxygens (including phenoxy) is 2. The van der Waals surface area contributed by atoms with Crippen molar-refractivity contribution in [2.45, 2.75) is 392 Å². The molecular formula is C107H181N3O12S3Si3. The quantitative estimate of drug-likeness (QED) is 0.0310. The van der Waals surface area contributed by atoms with Gasteiger partial charge < -0.3 is 28.5 Å². The van der Waals surface area contributed by atoms with Crippen LogP contribution in [0.5, 0.6) is 0 Å². The van der Waals surface area contributed by atoms with Crippen molar-refractivity contribution >= 4 is 112 Å². The molecule has 0 spiro atoms. The number of ketones is 3. The fourth-order valence-corrected chi connectivity index (χ4v) is 19.5. The molecule has 4 heterocycles. The Bertz CT molecular complexity index is 4250. The lowest BCUT2D eigenvalue weighted by Gasteiger charge is -2.44. The average Bonchev–Trinajstić information content (AvgIpc) is 1.55. The first-order chi connectivity index (χ1) is 58.6. The van der Waals surface area contributed by atoms with E-state index in [0.717, 1.165) is 75.0 Å². The van der Waals surface area contributed by atoms with Crippen LogP contribution in [0.1, 0.15) is 317 Å². The number of carboxylic acids is 1. The SMILES string of the molecule is C/C(=C/C[C@H](C)/C(C)=C/c1csc(C)n1)C/C=C/[C@H](C)[C@H](C)[C@@H](C)C(=O)C(C)(C)[C@H](CC(=O)OCC[Si](C)(C)C)O[Si](C)(C)C(C)(C)C.C/C(=C/C[C@H](O)/C(C)=C/c1csc(C)n1)C/C=C/[C@H](C)[C@H](C)[C@@H](C)C(=O)C(C)(C)[C@H](CC(=O)O)O[Si](C)(C)C(C)(C)C.C/C1=C/C[C@@H](/C(C)=C/c2csc(C)n2)OC(=O)C[C@H](C)C(C)(C)C(=O)[C@H](C)[C@@H](C)[C@@H](C)/C=C/C1.CCCC. The largest absolute Gasteiger partial charge is 0.481 e. The average molecular weight is 1880 g/mol. The fourth-order valence-electron chi connectivity index (χ4n) is 14.2. The lowest BCUT2D eigenvalue weighted by Crippen LogP contribution is -2.52. The van der Waals surface area contributed by atoms with Gasteiger partial charge in [-0.1, -0.05) is 283 Å². The second-order valence-corrected chi connectivity index (χ2v) is 62.0. The van der Waals surface area contributed by atoms with E-state index < -0.39 is 65.2 Å². The molecule has 0 fully saturated rings. The summed E-state index contributed by atoms with van der Waals surface area (Å²) in [4.78, 5) is 93.0. The highest BCUT2D eigenvalue weighted by Gasteiger charge is 2.50. The van der Waals surface area contributed by atoms with E-state index in [1.807, 2.05) is 127 Å². The summed E-state index contributed by atoms with van der Waals surface area (Å²) in [5, 5.41) is 29.3. The van der Waals surface area contributed by atoms with Crippen LogP contribution >= 0.6 is 34.0 Å². The van der Waals surface area contributed by atoms with Crippen molar-refractivity contribution in [1.29, 1.82) is 0 Å². The van der Waals surface area contributed by atoms with Crippen molar-refractivity contribution in [3.63, 3.8) is 0 Å². The van der Waals surface area contributed by atoms with Crippen LogP contribution in [-0.2, 0) is 47.1 Å². The zero-order chi connectivity index (χ0) is 98.9. The highest BCUT2D eigenvalue weighted by molar-refractivity contribution is 7.10. The van der Waals surface area contributed by atoms with E-state index in [1.54, 1.807) is 34.0 Å². The van der Waals surface area contributed by atoms with Gasteiger partial charge in [0.25, 0.3) is 0 Å². The van der Waals surface area contributed by atoms with Crippen LogP contribution in [0.4, 0.5) is 0 Å². The number of unbranched alkanes of at least 4 members (excludes halogenated alkanes) is 1. The summed E-state index contributed by atoms with van der Waals surface area (Å²) < 4.78 is 25.1. The maximum atomic E-state index is 14.3. The number of hydrogen-bond donors (Lipinski definition) is 2. The minimum absolute atomic E-state index is 0.0431. The first kappa shape index (κ1) is 121. The van der Waals surface area contributed by atoms with Gasteiger partial charge in [0.15, 0.2) is 16.6 Å². The number of aliphatic carboxylic acids is 1. The Hall–Kier alpha value is -5.50. The molecular weight excluding hydrogens is 1700 g/mol. The summed E-state index contributed by atoms with van der Waals surface area (Å²) in [6.45, 7) is 86.4. The minimum atomic E-state index is -2.29. The number of nitrogens with zero attached hydrogens (tertiary/aromatic N) is 3. The molecule has 15 nitrogen and oxygen atoms in total. The summed E-state index contributed by atoms with van der Waals surface area (Å²) in [7, 11) is -5.90. The molecule has 0 radical (unpaired) electrons. The molecule has 3 aromatic heterocycles. The number of Topliss-reactive ketones (excluding diaryl/α,β-unsaturated/α-hetero) is 3. The number of carbonyl (C=O) groups is 6. The van der Waals surface area contributed by atoms with Crippen molar-refractivity contribution in [3.8, 4) is 0 Å². The highest BCUT2D eigenvalue weighted by atomic mass is 32.1. The van der Waals surface area contributed by atoms with Gasteiger partial charge in [-0.3, -0.25) is 28.8 Å². The van der Waals surface area contributed by atoms with E-state index in [-0.39, 0.29) is 118 Å². The van der Waals surface area contributed by atoms with E-state index in [2.05, 4.69) is 258 Å². The summed E-state index contributed by atoms with van der Waals surface area (Å²) in [5.74, 6) is -0.158. The third-order valence-electron chi connectivity index (χ3n) is 28.1. The molecule has 21 heteroatoms. The van der Waals surface area contributed by atoms with Gasteiger partial charge in [0, 0.05) is 71.1 Å². The van der Waals surface area contributed by atoms with Crippen LogP contribution in [0.2, 0.25) is 61.9 Å². The van der Waals surface area contributed by atoms with Gasteiger partial charge in [0.05, 0.1) is 69.9 Å². The van der Waals surface area contributed by atoms with Crippen LogP contribution in [0.3, 0.4) is 0 Å². The summed E-state index contributed by atoms with van der Waals surface area (Å²) in [5.41, 5.74) is 7.42. The minimum Gasteiger partial charge on any atom is -0.481 e. The van der Waals surface area contributed by atoms with Crippen LogP contribution in [-0.4, -0.2) is 116 Å². The third kappa shape index (κ3) is 42.0. The lowest BCUT2D eigenvalue weighted by atomic mass is 9.68. The van der Waals surface area contributed by atoms with Gasteiger partial charge in [-0.25, -0.2) is 15.0 Å². The number of aromatic nitrogens is 3. The summed E-state index contributed by atoms with van der Waals surface area (Å²) in [6, 6.07) is 0.924. The van der Waals surface area contributed by atoms with E-state index in [0.29, 0.717) is 31.3 Å². The molecule has 1 aliphatic rings. The van der Waals surface area contributed by atoms with Crippen molar-refractivity contribution in [2.75, 3.05) is 6.61 Å². The number of carboxylic acid groups (broad SMARTS) is 1. The first-order valence-corrected chi connectivity index (χ1v) is 59.8. The number of aliphatic hydroxyl groups is 1. The van der Waals surface area contributed by atoms with Crippen molar-refractivity contribution < 1.29 is 57.3 Å². The molecule has 15 atom stereocenters. The lowest BCUT2D eigenvalue weighted by molar-refractivity contribution is -0.151. The Balaban J connectivity index is 0.000000950. The number of hydrogen-bond acceptors (Lipinski definition) is 17. The van der Waals surface area contributed by atoms with Crippen LogP contribution in [0, 0.1) is 102 Å². The highest BCUT2D eigenvalue weighted by Crippen LogP contribution is 2.46. The number of rotatable bonds is 38. The van der Waals surface area contributed by atoms with Gasteiger partial charge in [0.1, 0.15) is 23.5 Å². The molecule has 0 aliphatic carbocycles. The van der Waals surface area contributed by atoms with Gasteiger partial charge in [-0.15, -0.1) is 34.0 Å². The van der Waals surface area contributed by atoms with Gasteiger partial charge in [-0.2, -0.15) is 0 Å². The van der Waals surface area contributed by atoms with E-state index >= 15 is 0 Å². The summed E-state index contributed by atoms with van der Waals surface area (Å²) >= 11 is 4.89. The van der Waals surface area contributed by atoms with Gasteiger partial charge in [0.2, 0.25) is 0 Å². The van der Waals surface area contributed by atoms with Gasteiger partial charge in [-0.05, 0) is 213 Å². The number of aryl methyl sites for hydroxylation is 3. The predicted octanol–water partition coefficient (Wildman–Crippen LogP) is 30.2. The normalized spacial score (nSPS) is 21.2. The standard InChI is InChI=1S/C40H71NO4SSi2.C34H57NO5SSi.C29H43NO3S.C4H10/c1-28(21-22-29(2)31(4)25-35-27-46-34(7)41-35)19-18-20-30(3)32(5)33(6)38(43)40(11,12)36(45-48(16,17)39(8,9)10)26-37(42)44-23-24-47(13,14)15;1-22(17-18-29(36)24(3)19-28-21-41-27(6)35-28)15-14-16-23(2)25(4)26(5)32(39)34(10,11)30(20-31(37)38)40-42(12,13)33(7,8)9;1-18-11-10-12-19(2)22(5)23(6)28(32)29(8,9)21(4)16-27(31)33-26(14-13-18)20(3)15-25-17-34-24(7)30-25;1-3-4-2/h18,20-21,25,27,29-30,32-33,36H,19,22-24,26H2,1-17H3;14,16-17,19,21,23,25-26,29-30,36H,15,18,20H2,1-13H3,(H,37,38);10,12-13,15,17,19,21-23,26H,11,14,16H2,1-9H3;3-4H2,1-2H3/b20-18+,28-21-,31-25+;16-14+,22-17-,24-19+;12-10+,18-13-,20-15+;/t29-,30-,32-,33+,36-;23-,25-,26+,29-,30-;19-,21-,22-,23+,26-;/m000./s1. The van der Waals surface area contributed by atoms with Crippen LogP contribution < -0.4 is 0 Å². The number of esters is 2. The Kier molecular flexibility index (Phi) is 51.6. The van der Waals surface area contributed by atoms with Crippen LogP contribution in [0.25, 0.3) is 18.2 Å². The molecule has 1 aliphatic heterocycles. The first-order valence-electron chi connectivity index (χ1n) is 47.6. The molecule has 3 aromatic rings. The molecule has 0 aromatic carbocycles. The van der Waals surface area contributed by atoms with E-state index in [1.165, 1.54) is 35.1 Å². The fraction of sp³-hybridized carbons (Fsp3) is 0.692. The van der Waals surface area contributed by atoms with E-state index in [9.17, 15) is 39.0 Å². The van der Waals surface area contributed by atoms with Crippen LogP contribution in [0.15, 0.2) is 104 Å². The number of allylic oxidation sites excluding steroid dienone is 11. The van der Waals surface area contributed by atoms with E-state index in [4.69, 9.17) is 18.3 Å². The second kappa shape index (κ2) is 54.8. The molecule has 0 saturated heterocycles. The number of cyclic esters (lactones) is 1. The molecule has 2 N–H and O–H groups in total. The second-order valence-electron chi connectivity index (χ2n) is 43.6. The number of thiazole rings is 3. The topological polar surface area (TPSA) is 218 Å². The third-order valence-corrected chi connectivity index (χ3v) is 41.1. The maximum absolute atomic E-state index is 14.3. The summed E-state index contributed by atoms with van der Waals surface area (Å²) in [6.07, 6.45) is 31.3. The Labute approximate surface area is 795 Å². The molecule has 4 rings (SSSR count). The molecule has 128 heavy (non-hydrogen) atoms. The Morgan fingerprint density at radius 2 is 1.03 bits per heavy atom. The number of carbonyl (C=O) groups excluding carboxylic acids is 5. The van der Waals surface area contributed by atoms with Crippen molar-refractivity contribution in [2.24, 2.45) is 81.3 Å². The Morgan fingerprint density at radius 1 is 0.617 bits per heavy atom. The predicted molar refractivity (Wildman–Crippen MR) is 556 cm³/mol. The van der Waals surface area contributed by atoms with Crippen molar-refractivity contribution in [1.82, 2.24) is 15.0 Å². The Morgan fingerprint density at radius 3 is 1.43 bits per heavy atom. The monoisotopic (exact) mass is 1880 g/mol. The zero-order valence-electron chi connectivity index (χ0n) is 88.1. The molecule has 0 saturated carbocycles. The molecule has 0 amide bonds. The smallest absolute Gasteiger partial charge is 0.308 e. The number of aliphatic hydroxyl groups excluding tert-OH is 1. The molecule has 0 unspecified atom stereocenters. The zero-order valence-corrected chi connectivity index (χ0v) is 93.5. The molecule has 726 valence electrons.